The van der Waals surface area contributed by atoms with Crippen molar-refractivity contribution in [3.05, 3.63) is 89.6 Å². The lowest BCUT2D eigenvalue weighted by atomic mass is 9.97. The molecule has 0 aromatic carbocycles. The van der Waals surface area contributed by atoms with E-state index >= 15 is 0 Å². The quantitative estimate of drug-likeness (QED) is 0.258. The fourth-order valence-corrected chi connectivity index (χ4v) is 3.34. The van der Waals surface area contributed by atoms with Gasteiger partial charge in [-0.25, -0.2) is 0 Å². The highest BCUT2D eigenvalue weighted by atomic mass is 15.2. The number of aromatic nitrogens is 2. The van der Waals surface area contributed by atoms with E-state index in [9.17, 15) is 0 Å². The molecule has 0 bridgehead atoms. The van der Waals surface area contributed by atoms with Gasteiger partial charge in [-0.15, -0.1) is 0 Å². The van der Waals surface area contributed by atoms with Crippen LogP contribution in [0.1, 0.15) is 37.6 Å². The fourth-order valence-electron chi connectivity index (χ4n) is 3.34. The standard InChI is InChI=1S/C25H32N8/c1-4-29-15-20(25(28)17-7-9-30-10-8-17)19-11-22-21(31-14-19)5-6-24(32-22)33-23(27)12-18(13-26)16(2)3/h5-16,24,28-29,32-33H,4,26-27H2,1-3H3/b18-13+,20-15-,23-12+,28-25?. The van der Waals surface area contributed by atoms with Crippen molar-refractivity contribution >= 4 is 23.0 Å². The Morgan fingerprint density at radius 1 is 1.27 bits per heavy atom. The number of hydrogen-bond acceptors (Lipinski definition) is 8. The van der Waals surface area contributed by atoms with Crippen molar-refractivity contribution in [2.75, 3.05) is 11.9 Å². The molecule has 2 aromatic rings. The summed E-state index contributed by atoms with van der Waals surface area (Å²) in [6.45, 7) is 6.89. The van der Waals surface area contributed by atoms with Gasteiger partial charge in [0.05, 0.1) is 22.9 Å². The van der Waals surface area contributed by atoms with Gasteiger partial charge in [0.25, 0.3) is 0 Å². The van der Waals surface area contributed by atoms with Gasteiger partial charge in [-0.2, -0.15) is 0 Å². The van der Waals surface area contributed by atoms with Gasteiger partial charge in [0.1, 0.15) is 6.17 Å². The number of hydrogen-bond donors (Lipinski definition) is 6. The average molecular weight is 445 g/mol. The summed E-state index contributed by atoms with van der Waals surface area (Å²) in [5.74, 6) is 0.789. The number of nitrogens with one attached hydrogen (secondary N) is 4. The third kappa shape index (κ3) is 6.00. The highest BCUT2D eigenvalue weighted by Gasteiger charge is 2.17. The molecule has 33 heavy (non-hydrogen) atoms. The van der Waals surface area contributed by atoms with Crippen molar-refractivity contribution in [1.29, 1.82) is 5.41 Å². The Bertz CT molecular complexity index is 1100. The van der Waals surface area contributed by atoms with Gasteiger partial charge in [0.2, 0.25) is 0 Å². The van der Waals surface area contributed by atoms with Crippen LogP contribution < -0.4 is 27.4 Å². The molecule has 0 fully saturated rings. The van der Waals surface area contributed by atoms with Crippen molar-refractivity contribution in [3.8, 4) is 0 Å². The van der Waals surface area contributed by atoms with Crippen LogP contribution in [-0.2, 0) is 0 Å². The number of fused-ring (bicyclic) bond motifs is 1. The number of allylic oxidation sites excluding steroid dienone is 3. The predicted molar refractivity (Wildman–Crippen MR) is 136 cm³/mol. The zero-order valence-corrected chi connectivity index (χ0v) is 19.3. The van der Waals surface area contributed by atoms with Gasteiger partial charge in [-0.3, -0.25) is 15.4 Å². The molecule has 3 rings (SSSR count). The van der Waals surface area contributed by atoms with Gasteiger partial charge in [0.15, 0.2) is 0 Å². The molecule has 0 aliphatic carbocycles. The highest BCUT2D eigenvalue weighted by molar-refractivity contribution is 6.30. The van der Waals surface area contributed by atoms with Crippen LogP contribution >= 0.6 is 0 Å². The Kier molecular flexibility index (Phi) is 7.86. The van der Waals surface area contributed by atoms with E-state index in [1.54, 1.807) is 24.8 Å². The van der Waals surface area contributed by atoms with E-state index in [2.05, 4.69) is 39.8 Å². The van der Waals surface area contributed by atoms with Crippen LogP contribution in [0.4, 0.5) is 5.69 Å². The lowest BCUT2D eigenvalue weighted by Crippen LogP contribution is -2.38. The molecule has 1 unspecified atom stereocenters. The Labute approximate surface area is 195 Å². The monoisotopic (exact) mass is 444 g/mol. The van der Waals surface area contributed by atoms with E-state index in [0.717, 1.165) is 40.2 Å². The molecule has 0 spiro atoms. The molecule has 2 aromatic heterocycles. The Balaban J connectivity index is 1.84. The maximum absolute atomic E-state index is 8.74. The summed E-state index contributed by atoms with van der Waals surface area (Å²) < 4.78 is 0. The lowest BCUT2D eigenvalue weighted by molar-refractivity contribution is 0.720. The van der Waals surface area contributed by atoms with E-state index in [1.165, 1.54) is 0 Å². The summed E-state index contributed by atoms with van der Waals surface area (Å²) in [5.41, 5.74) is 17.3. The summed E-state index contributed by atoms with van der Waals surface area (Å²) in [4.78, 5) is 8.65. The minimum atomic E-state index is -0.210. The van der Waals surface area contributed by atoms with Crippen molar-refractivity contribution in [1.82, 2.24) is 20.6 Å². The molecular formula is C25H32N8. The number of anilines is 1. The Morgan fingerprint density at radius 3 is 2.70 bits per heavy atom. The highest BCUT2D eigenvalue weighted by Crippen LogP contribution is 2.27. The minimum absolute atomic E-state index is 0.210. The van der Waals surface area contributed by atoms with Crippen LogP contribution in [0.5, 0.6) is 0 Å². The third-order valence-electron chi connectivity index (χ3n) is 5.18. The predicted octanol–water partition coefficient (Wildman–Crippen LogP) is 3.15. The number of rotatable bonds is 9. The first kappa shape index (κ1) is 23.6. The molecule has 8 heteroatoms. The molecular weight excluding hydrogens is 412 g/mol. The van der Waals surface area contributed by atoms with E-state index in [1.807, 2.05) is 49.6 Å². The largest absolute Gasteiger partial charge is 0.404 e. The second kappa shape index (κ2) is 11.0. The molecule has 0 radical (unpaired) electrons. The van der Waals surface area contributed by atoms with E-state index < -0.39 is 0 Å². The molecule has 8 N–H and O–H groups in total. The molecule has 0 saturated carbocycles. The summed E-state index contributed by atoms with van der Waals surface area (Å²) in [7, 11) is 0. The average Bonchev–Trinajstić information content (AvgIpc) is 2.82. The lowest BCUT2D eigenvalue weighted by Gasteiger charge is -2.24. The zero-order chi connectivity index (χ0) is 23.8. The van der Waals surface area contributed by atoms with Crippen LogP contribution in [-0.4, -0.2) is 28.4 Å². The van der Waals surface area contributed by atoms with E-state index in [4.69, 9.17) is 16.9 Å². The van der Waals surface area contributed by atoms with Crippen LogP contribution in [0.15, 0.2) is 72.7 Å². The van der Waals surface area contributed by atoms with Crippen LogP contribution in [0.2, 0.25) is 0 Å². The molecule has 172 valence electrons. The molecule has 1 aliphatic rings. The maximum Gasteiger partial charge on any atom is 0.117 e. The van der Waals surface area contributed by atoms with Crippen LogP contribution in [0.3, 0.4) is 0 Å². The van der Waals surface area contributed by atoms with E-state index in [-0.39, 0.29) is 12.1 Å². The zero-order valence-electron chi connectivity index (χ0n) is 19.3. The first-order chi connectivity index (χ1) is 15.9. The second-order valence-electron chi connectivity index (χ2n) is 7.93. The first-order valence-electron chi connectivity index (χ1n) is 11.0. The smallest absolute Gasteiger partial charge is 0.117 e. The Hall–Kier alpha value is -4.07. The molecule has 0 amide bonds. The number of pyridine rings is 2. The molecule has 0 saturated heterocycles. The topological polar surface area (TPSA) is 138 Å². The summed E-state index contributed by atoms with van der Waals surface area (Å²) in [5, 5.41) is 18.6. The number of nitrogens with zero attached hydrogens (tertiary/aromatic N) is 2. The molecule has 1 atom stereocenters. The van der Waals surface area contributed by atoms with Crippen LogP contribution in [0.25, 0.3) is 11.6 Å². The van der Waals surface area contributed by atoms with Gasteiger partial charge in [0, 0.05) is 48.0 Å². The van der Waals surface area contributed by atoms with Gasteiger partial charge < -0.3 is 27.4 Å². The van der Waals surface area contributed by atoms with Crippen molar-refractivity contribution in [3.63, 3.8) is 0 Å². The normalized spacial score (nSPS) is 16.2. The number of nitrogens with two attached hydrogens (primary N) is 2. The van der Waals surface area contributed by atoms with Gasteiger partial charge in [-0.05, 0) is 61.0 Å². The molecule has 1 aliphatic heterocycles. The second-order valence-corrected chi connectivity index (χ2v) is 7.93. The van der Waals surface area contributed by atoms with Gasteiger partial charge >= 0.3 is 0 Å². The fraction of sp³-hybridized carbons (Fsp3) is 0.240. The van der Waals surface area contributed by atoms with Crippen molar-refractivity contribution in [2.24, 2.45) is 17.4 Å². The van der Waals surface area contributed by atoms with E-state index in [0.29, 0.717) is 11.5 Å². The van der Waals surface area contributed by atoms with Gasteiger partial charge in [-0.1, -0.05) is 13.8 Å². The Morgan fingerprint density at radius 2 is 2.03 bits per heavy atom. The molecule has 3 heterocycles. The summed E-state index contributed by atoms with van der Waals surface area (Å²) >= 11 is 0. The third-order valence-corrected chi connectivity index (χ3v) is 5.18. The maximum atomic E-state index is 8.74. The van der Waals surface area contributed by atoms with Crippen molar-refractivity contribution < 1.29 is 0 Å². The minimum Gasteiger partial charge on any atom is -0.404 e. The van der Waals surface area contributed by atoms with Crippen LogP contribution in [0, 0.1) is 11.3 Å². The summed E-state index contributed by atoms with van der Waals surface area (Å²) in [6.07, 6.45) is 14.1. The summed E-state index contributed by atoms with van der Waals surface area (Å²) in [6, 6.07) is 5.65. The first-order valence-corrected chi connectivity index (χ1v) is 11.0. The molecule has 8 nitrogen and oxygen atoms in total. The van der Waals surface area contributed by atoms with Crippen molar-refractivity contribution in [2.45, 2.75) is 26.9 Å². The SMILES string of the molecule is CCN/C=C(\C(=N)c1ccncc1)c1cnc2c(c1)NC(N/C(N)=C/C(=C\N)C(C)C)C=C2.